The number of likely N-dealkylation sites (tertiary alicyclic amines) is 1. The summed E-state index contributed by atoms with van der Waals surface area (Å²) in [5.41, 5.74) is 0.206. The minimum absolute atomic E-state index is 0.0315. The van der Waals surface area contributed by atoms with Crippen molar-refractivity contribution in [2.24, 2.45) is 0 Å². The summed E-state index contributed by atoms with van der Waals surface area (Å²) in [6, 6.07) is 1.36. The summed E-state index contributed by atoms with van der Waals surface area (Å²) in [5.74, 6) is -0.569. The normalized spacial score (nSPS) is 14.8. The molecule has 3 heterocycles. The molecule has 1 N–H and O–H groups in total. The standard InChI is InChI=1S/C15H18N4O4S2/c20-12(18-4-2-1-3-5-18)7-11-17-19-13(21)6-10(16-15(19)25-11)8-24-9-14(22)23/h6H,1-5,7-9H2,(H,22,23). The van der Waals surface area contributed by atoms with Gasteiger partial charge in [0.2, 0.25) is 10.9 Å². The molecule has 134 valence electrons. The molecule has 0 atom stereocenters. The van der Waals surface area contributed by atoms with E-state index in [4.69, 9.17) is 5.11 Å². The van der Waals surface area contributed by atoms with Gasteiger partial charge >= 0.3 is 5.97 Å². The maximum absolute atomic E-state index is 12.3. The first-order valence-corrected chi connectivity index (χ1v) is 9.96. The lowest BCUT2D eigenvalue weighted by Crippen LogP contribution is -2.36. The Kier molecular flexibility index (Phi) is 5.69. The molecule has 0 saturated carbocycles. The number of carboxylic acid groups (broad SMARTS) is 1. The first kappa shape index (κ1) is 17.9. The molecule has 1 saturated heterocycles. The number of aromatic nitrogens is 3. The highest BCUT2D eigenvalue weighted by molar-refractivity contribution is 7.99. The number of carbonyl (C=O) groups excluding carboxylic acids is 1. The summed E-state index contributed by atoms with van der Waals surface area (Å²) in [6.45, 7) is 1.57. The zero-order valence-electron chi connectivity index (χ0n) is 13.5. The molecule has 0 aliphatic carbocycles. The minimum atomic E-state index is -0.904. The maximum Gasteiger partial charge on any atom is 0.313 e. The first-order chi connectivity index (χ1) is 12.0. The Bertz CT molecular complexity index is 842. The summed E-state index contributed by atoms with van der Waals surface area (Å²) in [6.07, 6.45) is 3.40. The van der Waals surface area contributed by atoms with E-state index in [0.717, 1.165) is 32.4 Å². The van der Waals surface area contributed by atoms with Crippen LogP contribution in [0.15, 0.2) is 10.9 Å². The first-order valence-electron chi connectivity index (χ1n) is 7.99. The predicted molar refractivity (Wildman–Crippen MR) is 95.1 cm³/mol. The van der Waals surface area contributed by atoms with E-state index in [1.807, 2.05) is 4.90 Å². The number of carbonyl (C=O) groups is 2. The average molecular weight is 382 g/mol. The van der Waals surface area contributed by atoms with Crippen LogP contribution in [-0.4, -0.2) is 55.3 Å². The SMILES string of the molecule is O=C(O)CSCc1cc(=O)n2nc(CC(=O)N3CCCCC3)sc2n1. The summed E-state index contributed by atoms with van der Waals surface area (Å²) < 4.78 is 1.20. The van der Waals surface area contributed by atoms with Crippen LogP contribution in [0.1, 0.15) is 30.0 Å². The van der Waals surface area contributed by atoms with E-state index < -0.39 is 5.97 Å². The third kappa shape index (κ3) is 4.57. The van der Waals surface area contributed by atoms with Gasteiger partial charge in [-0.15, -0.1) is 11.8 Å². The Morgan fingerprint density at radius 1 is 1.28 bits per heavy atom. The van der Waals surface area contributed by atoms with Gasteiger partial charge in [-0.05, 0) is 19.3 Å². The summed E-state index contributed by atoms with van der Waals surface area (Å²) in [7, 11) is 0. The van der Waals surface area contributed by atoms with Crippen molar-refractivity contribution < 1.29 is 14.7 Å². The van der Waals surface area contributed by atoms with Crippen LogP contribution in [0.25, 0.3) is 4.96 Å². The van der Waals surface area contributed by atoms with E-state index in [-0.39, 0.29) is 23.6 Å². The van der Waals surface area contributed by atoms with Crippen LogP contribution >= 0.6 is 23.1 Å². The number of aliphatic carboxylic acids is 1. The summed E-state index contributed by atoms with van der Waals surface area (Å²) in [5, 5.41) is 13.4. The summed E-state index contributed by atoms with van der Waals surface area (Å²) >= 11 is 2.41. The van der Waals surface area contributed by atoms with Crippen molar-refractivity contribution in [2.75, 3.05) is 18.8 Å². The second kappa shape index (κ2) is 7.96. The fraction of sp³-hybridized carbons (Fsp3) is 0.533. The van der Waals surface area contributed by atoms with Crippen molar-refractivity contribution in [3.8, 4) is 0 Å². The van der Waals surface area contributed by atoms with Gasteiger partial charge in [0.15, 0.2) is 0 Å². The van der Waals surface area contributed by atoms with E-state index >= 15 is 0 Å². The van der Waals surface area contributed by atoms with Crippen molar-refractivity contribution in [3.63, 3.8) is 0 Å². The molecule has 0 bridgehead atoms. The Hall–Kier alpha value is -1.94. The molecule has 10 heteroatoms. The van der Waals surface area contributed by atoms with Crippen molar-refractivity contribution in [3.05, 3.63) is 27.1 Å². The molecular formula is C15H18N4O4S2. The predicted octanol–water partition coefficient (Wildman–Crippen LogP) is 1.02. The van der Waals surface area contributed by atoms with Crippen molar-refractivity contribution in [1.82, 2.24) is 19.5 Å². The van der Waals surface area contributed by atoms with Gasteiger partial charge in [-0.25, -0.2) is 4.98 Å². The number of hydrogen-bond acceptors (Lipinski definition) is 7. The molecule has 0 aromatic carbocycles. The number of thioether (sulfide) groups is 1. The summed E-state index contributed by atoms with van der Waals surface area (Å²) in [4.78, 5) is 41.7. The molecule has 0 radical (unpaired) electrons. The van der Waals surface area contributed by atoms with Crippen molar-refractivity contribution in [2.45, 2.75) is 31.4 Å². The number of amides is 1. The molecule has 1 aliphatic heterocycles. The van der Waals surface area contributed by atoms with Gasteiger partial charge in [0, 0.05) is 24.9 Å². The third-order valence-electron chi connectivity index (χ3n) is 3.83. The van der Waals surface area contributed by atoms with E-state index in [9.17, 15) is 14.4 Å². The molecule has 0 spiro atoms. The Morgan fingerprint density at radius 3 is 2.76 bits per heavy atom. The highest BCUT2D eigenvalue weighted by atomic mass is 32.2. The van der Waals surface area contributed by atoms with Crippen molar-refractivity contribution >= 4 is 39.9 Å². The quantitative estimate of drug-likeness (QED) is 0.795. The van der Waals surface area contributed by atoms with Gasteiger partial charge < -0.3 is 10.0 Å². The average Bonchev–Trinajstić information content (AvgIpc) is 2.98. The van der Waals surface area contributed by atoms with Crippen LogP contribution in [0, 0.1) is 0 Å². The van der Waals surface area contributed by atoms with Crippen molar-refractivity contribution in [1.29, 1.82) is 0 Å². The lowest BCUT2D eigenvalue weighted by molar-refractivity contribution is -0.134. The smallest absolute Gasteiger partial charge is 0.313 e. The lowest BCUT2D eigenvalue weighted by atomic mass is 10.1. The number of piperidine rings is 1. The van der Waals surface area contributed by atoms with E-state index in [1.54, 1.807) is 0 Å². The highest BCUT2D eigenvalue weighted by Crippen LogP contribution is 2.17. The molecule has 3 rings (SSSR count). The maximum atomic E-state index is 12.3. The number of nitrogens with zero attached hydrogens (tertiary/aromatic N) is 4. The fourth-order valence-electron chi connectivity index (χ4n) is 2.67. The number of carboxylic acids is 1. The zero-order valence-corrected chi connectivity index (χ0v) is 15.1. The Labute approximate surface area is 151 Å². The number of fused-ring (bicyclic) bond motifs is 1. The number of rotatable bonds is 6. The largest absolute Gasteiger partial charge is 0.481 e. The van der Waals surface area contributed by atoms with Gasteiger partial charge in [0.25, 0.3) is 5.56 Å². The second-order valence-electron chi connectivity index (χ2n) is 5.78. The highest BCUT2D eigenvalue weighted by Gasteiger charge is 2.19. The van der Waals surface area contributed by atoms with Crippen LogP contribution in [-0.2, 0) is 21.8 Å². The monoisotopic (exact) mass is 382 g/mol. The molecule has 1 aliphatic rings. The Morgan fingerprint density at radius 2 is 2.04 bits per heavy atom. The molecule has 8 nitrogen and oxygen atoms in total. The van der Waals surface area contributed by atoms with Gasteiger partial charge in [0.1, 0.15) is 5.01 Å². The molecule has 1 fully saturated rings. The third-order valence-corrected chi connectivity index (χ3v) is 5.69. The van der Waals surface area contributed by atoms with Crippen LogP contribution in [0.4, 0.5) is 0 Å². The molecule has 2 aromatic heterocycles. The molecule has 25 heavy (non-hydrogen) atoms. The minimum Gasteiger partial charge on any atom is -0.481 e. The molecule has 2 aromatic rings. The fourth-order valence-corrected chi connectivity index (χ4v) is 4.21. The number of hydrogen-bond donors (Lipinski definition) is 1. The van der Waals surface area contributed by atoms with Gasteiger partial charge in [-0.3, -0.25) is 14.4 Å². The van der Waals surface area contributed by atoms with Crippen LogP contribution < -0.4 is 5.56 Å². The van der Waals surface area contributed by atoms with Crippen LogP contribution in [0.3, 0.4) is 0 Å². The van der Waals surface area contributed by atoms with Crippen LogP contribution in [0.5, 0.6) is 0 Å². The van der Waals surface area contributed by atoms with Gasteiger partial charge in [-0.1, -0.05) is 11.3 Å². The van der Waals surface area contributed by atoms with Crippen LogP contribution in [0.2, 0.25) is 0 Å². The zero-order chi connectivity index (χ0) is 17.8. The molecule has 1 amide bonds. The van der Waals surface area contributed by atoms with E-state index in [2.05, 4.69) is 10.1 Å². The van der Waals surface area contributed by atoms with E-state index in [0.29, 0.717) is 21.4 Å². The van der Waals surface area contributed by atoms with E-state index in [1.165, 1.54) is 33.7 Å². The second-order valence-corrected chi connectivity index (χ2v) is 7.81. The lowest BCUT2D eigenvalue weighted by Gasteiger charge is -2.26. The van der Waals surface area contributed by atoms with Gasteiger partial charge in [-0.2, -0.15) is 9.61 Å². The topological polar surface area (TPSA) is 105 Å². The van der Waals surface area contributed by atoms with Gasteiger partial charge in [0.05, 0.1) is 17.9 Å². The Balaban J connectivity index is 1.72. The molecule has 0 unspecified atom stereocenters. The molecular weight excluding hydrogens is 364 g/mol.